The summed E-state index contributed by atoms with van der Waals surface area (Å²) in [6, 6.07) is 14.6. The molecule has 1 amide bonds. The van der Waals surface area contributed by atoms with Gasteiger partial charge in [0.1, 0.15) is 11.4 Å². The Hall–Kier alpha value is -3.72. The van der Waals surface area contributed by atoms with Crippen LogP contribution in [0.1, 0.15) is 17.4 Å². The maximum Gasteiger partial charge on any atom is 0.293 e. The van der Waals surface area contributed by atoms with Crippen LogP contribution in [0.2, 0.25) is 0 Å². The van der Waals surface area contributed by atoms with E-state index in [1.54, 1.807) is 32.2 Å². The highest BCUT2D eigenvalue weighted by Crippen LogP contribution is 2.26. The molecular formula is C19H18N4O5. The maximum atomic E-state index is 12.5. The first-order chi connectivity index (χ1) is 13.5. The van der Waals surface area contributed by atoms with E-state index in [0.717, 1.165) is 5.56 Å². The number of carbonyl (C=O) groups is 1. The normalized spacial score (nSPS) is 10.5. The zero-order valence-corrected chi connectivity index (χ0v) is 15.3. The fourth-order valence-corrected chi connectivity index (χ4v) is 2.57. The van der Waals surface area contributed by atoms with Crippen LogP contribution in [0.3, 0.4) is 0 Å². The van der Waals surface area contributed by atoms with E-state index in [-0.39, 0.29) is 11.4 Å². The number of hydrogen-bond donors (Lipinski definition) is 1. The van der Waals surface area contributed by atoms with E-state index in [0.29, 0.717) is 23.7 Å². The van der Waals surface area contributed by atoms with E-state index in [4.69, 9.17) is 9.57 Å². The second-order valence-corrected chi connectivity index (χ2v) is 5.70. The molecule has 0 unspecified atom stereocenters. The Bertz CT molecular complexity index is 998. The SMILES string of the molecule is CCONC(=O)c1cc(-c2cccc(OC)c2)nn1-c1ccc([N+](=O)[O-])cc1. The van der Waals surface area contributed by atoms with Gasteiger partial charge < -0.3 is 4.74 Å². The lowest BCUT2D eigenvalue weighted by Gasteiger charge is -2.07. The fourth-order valence-electron chi connectivity index (χ4n) is 2.57. The second-order valence-electron chi connectivity index (χ2n) is 5.70. The van der Waals surface area contributed by atoms with E-state index < -0.39 is 10.8 Å². The summed E-state index contributed by atoms with van der Waals surface area (Å²) in [7, 11) is 1.57. The molecule has 0 saturated carbocycles. The summed E-state index contributed by atoms with van der Waals surface area (Å²) in [6.07, 6.45) is 0. The number of hydrogen-bond acceptors (Lipinski definition) is 6. The number of aromatic nitrogens is 2. The monoisotopic (exact) mass is 382 g/mol. The number of ether oxygens (including phenoxy) is 1. The van der Waals surface area contributed by atoms with Crippen molar-refractivity contribution in [1.29, 1.82) is 0 Å². The number of carbonyl (C=O) groups excluding carboxylic acids is 1. The highest BCUT2D eigenvalue weighted by Gasteiger charge is 2.19. The van der Waals surface area contributed by atoms with E-state index in [9.17, 15) is 14.9 Å². The predicted molar refractivity (Wildman–Crippen MR) is 101 cm³/mol. The lowest BCUT2D eigenvalue weighted by molar-refractivity contribution is -0.384. The van der Waals surface area contributed by atoms with Crippen LogP contribution >= 0.6 is 0 Å². The predicted octanol–water partition coefficient (Wildman–Crippen LogP) is 3.14. The average Bonchev–Trinajstić information content (AvgIpc) is 3.17. The number of amides is 1. The number of nitrogens with one attached hydrogen (secondary N) is 1. The standard InChI is InChI=1S/C19H18N4O5/c1-3-28-21-19(24)18-12-17(13-5-4-6-16(11-13)27-2)20-22(18)14-7-9-15(10-8-14)23(25)26/h4-12H,3H2,1-2H3,(H,21,24). The van der Waals surface area contributed by atoms with Crippen molar-refractivity contribution in [3.63, 3.8) is 0 Å². The quantitative estimate of drug-likeness (QED) is 0.497. The lowest BCUT2D eigenvalue weighted by atomic mass is 10.1. The molecule has 1 aromatic heterocycles. The molecule has 28 heavy (non-hydrogen) atoms. The zero-order valence-electron chi connectivity index (χ0n) is 15.3. The van der Waals surface area contributed by atoms with Crippen LogP contribution < -0.4 is 10.2 Å². The molecule has 0 radical (unpaired) electrons. The summed E-state index contributed by atoms with van der Waals surface area (Å²) < 4.78 is 6.65. The van der Waals surface area contributed by atoms with Crippen molar-refractivity contribution >= 4 is 11.6 Å². The molecule has 3 rings (SSSR count). The molecule has 0 aliphatic carbocycles. The van der Waals surface area contributed by atoms with Crippen molar-refractivity contribution in [3.8, 4) is 22.7 Å². The van der Waals surface area contributed by atoms with E-state index in [1.165, 1.54) is 28.9 Å². The van der Waals surface area contributed by atoms with E-state index >= 15 is 0 Å². The fraction of sp³-hybridized carbons (Fsp3) is 0.158. The Morgan fingerprint density at radius 2 is 1.96 bits per heavy atom. The number of nitro benzene ring substituents is 1. The van der Waals surface area contributed by atoms with Gasteiger partial charge in [0.15, 0.2) is 0 Å². The van der Waals surface area contributed by atoms with Gasteiger partial charge in [-0.15, -0.1) is 0 Å². The smallest absolute Gasteiger partial charge is 0.293 e. The molecule has 0 bridgehead atoms. The van der Waals surface area contributed by atoms with Crippen molar-refractivity contribution in [3.05, 3.63) is 70.4 Å². The van der Waals surface area contributed by atoms with Crippen LogP contribution in [0.5, 0.6) is 5.75 Å². The Kier molecular flexibility index (Phi) is 5.66. The van der Waals surface area contributed by atoms with Crippen LogP contribution in [0.25, 0.3) is 16.9 Å². The number of non-ortho nitro benzene ring substituents is 1. The van der Waals surface area contributed by atoms with Crippen molar-refractivity contribution < 1.29 is 19.3 Å². The van der Waals surface area contributed by atoms with Crippen molar-refractivity contribution in [1.82, 2.24) is 15.3 Å². The Morgan fingerprint density at radius 1 is 1.21 bits per heavy atom. The molecule has 9 nitrogen and oxygen atoms in total. The third-order valence-electron chi connectivity index (χ3n) is 3.92. The van der Waals surface area contributed by atoms with Gasteiger partial charge in [-0.3, -0.25) is 19.7 Å². The molecule has 0 aliphatic rings. The molecule has 1 heterocycles. The first-order valence-electron chi connectivity index (χ1n) is 8.45. The molecule has 2 aromatic carbocycles. The van der Waals surface area contributed by atoms with Gasteiger partial charge in [0.25, 0.3) is 11.6 Å². The number of methoxy groups -OCH3 is 1. The van der Waals surface area contributed by atoms with Gasteiger partial charge in [0.05, 0.1) is 30.0 Å². The van der Waals surface area contributed by atoms with Gasteiger partial charge >= 0.3 is 0 Å². The van der Waals surface area contributed by atoms with Gasteiger partial charge in [-0.05, 0) is 37.3 Å². The third-order valence-corrected chi connectivity index (χ3v) is 3.92. The molecule has 0 saturated heterocycles. The van der Waals surface area contributed by atoms with Crippen molar-refractivity contribution in [2.45, 2.75) is 6.92 Å². The number of hydroxylamine groups is 1. The zero-order chi connectivity index (χ0) is 20.1. The molecule has 144 valence electrons. The van der Waals surface area contributed by atoms with Gasteiger partial charge in [-0.1, -0.05) is 12.1 Å². The van der Waals surface area contributed by atoms with Crippen LogP contribution in [0.4, 0.5) is 5.69 Å². The summed E-state index contributed by atoms with van der Waals surface area (Å²) >= 11 is 0. The summed E-state index contributed by atoms with van der Waals surface area (Å²) in [5.74, 6) is 0.171. The Labute approximate surface area is 160 Å². The lowest BCUT2D eigenvalue weighted by Crippen LogP contribution is -2.26. The topological polar surface area (TPSA) is 109 Å². The van der Waals surface area contributed by atoms with Gasteiger partial charge in [-0.25, -0.2) is 10.2 Å². The molecule has 0 aliphatic heterocycles. The second kappa shape index (κ2) is 8.31. The van der Waals surface area contributed by atoms with E-state index in [2.05, 4.69) is 10.6 Å². The van der Waals surface area contributed by atoms with Gasteiger partial charge in [0, 0.05) is 17.7 Å². The van der Waals surface area contributed by atoms with Gasteiger partial charge in [0.2, 0.25) is 0 Å². The molecule has 3 aromatic rings. The first-order valence-corrected chi connectivity index (χ1v) is 8.45. The molecule has 9 heteroatoms. The summed E-state index contributed by atoms with van der Waals surface area (Å²) in [5, 5.41) is 15.4. The maximum absolute atomic E-state index is 12.5. The minimum atomic E-state index is -0.489. The largest absolute Gasteiger partial charge is 0.497 e. The third kappa shape index (κ3) is 3.99. The van der Waals surface area contributed by atoms with Gasteiger partial charge in [-0.2, -0.15) is 5.10 Å². The highest BCUT2D eigenvalue weighted by atomic mass is 16.6. The minimum Gasteiger partial charge on any atom is -0.497 e. The number of nitrogens with zero attached hydrogens (tertiary/aromatic N) is 3. The molecule has 0 atom stereocenters. The minimum absolute atomic E-state index is 0.0516. The Morgan fingerprint density at radius 3 is 2.61 bits per heavy atom. The first kappa shape index (κ1) is 19.1. The van der Waals surface area contributed by atoms with Crippen LogP contribution in [-0.2, 0) is 4.84 Å². The van der Waals surface area contributed by atoms with Crippen LogP contribution in [0.15, 0.2) is 54.6 Å². The summed E-state index contributed by atoms with van der Waals surface area (Å²) in [4.78, 5) is 27.9. The molecule has 0 spiro atoms. The van der Waals surface area contributed by atoms with Crippen LogP contribution in [-0.4, -0.2) is 34.3 Å². The summed E-state index contributed by atoms with van der Waals surface area (Å²) in [6.45, 7) is 2.05. The number of benzene rings is 2. The highest BCUT2D eigenvalue weighted by molar-refractivity contribution is 5.93. The Balaban J connectivity index is 2.06. The number of nitro groups is 1. The molecular weight excluding hydrogens is 364 g/mol. The van der Waals surface area contributed by atoms with Crippen LogP contribution in [0, 0.1) is 10.1 Å². The molecule has 1 N–H and O–H groups in total. The molecule has 0 fully saturated rings. The summed E-state index contributed by atoms with van der Waals surface area (Å²) in [5.41, 5.74) is 4.31. The van der Waals surface area contributed by atoms with Crippen molar-refractivity contribution in [2.24, 2.45) is 0 Å². The average molecular weight is 382 g/mol. The van der Waals surface area contributed by atoms with E-state index in [1.807, 2.05) is 12.1 Å². The van der Waals surface area contributed by atoms with Crippen molar-refractivity contribution in [2.75, 3.05) is 13.7 Å². The number of rotatable bonds is 7.